The molecule has 3 unspecified atom stereocenters. The number of benzene rings is 1. The number of aryl methyl sites for hydroxylation is 1. The summed E-state index contributed by atoms with van der Waals surface area (Å²) in [6, 6.07) is 10.2. The van der Waals surface area contributed by atoms with E-state index in [-0.39, 0.29) is 18.0 Å². The van der Waals surface area contributed by atoms with Crippen LogP contribution in [-0.2, 0) is 13.6 Å². The molecule has 2 N–H and O–H groups in total. The van der Waals surface area contributed by atoms with Gasteiger partial charge < -0.3 is 24.5 Å². The molecular formula is C28H32N6O2. The Bertz CT molecular complexity index is 1500. The van der Waals surface area contributed by atoms with Crippen molar-refractivity contribution in [3.63, 3.8) is 0 Å². The summed E-state index contributed by atoms with van der Waals surface area (Å²) in [4.78, 5) is 25.4. The molecule has 1 aromatic carbocycles. The third-order valence-electron chi connectivity index (χ3n) is 8.51. The second-order valence-electron chi connectivity index (χ2n) is 10.9. The lowest BCUT2D eigenvalue weighted by Crippen LogP contribution is -2.60. The molecule has 2 aliphatic carbocycles. The Labute approximate surface area is 210 Å². The maximum absolute atomic E-state index is 13.7. The minimum absolute atomic E-state index is 0.0271. The zero-order valence-electron chi connectivity index (χ0n) is 20.9. The number of carbonyl (C=O) groups is 1. The van der Waals surface area contributed by atoms with E-state index in [1.807, 2.05) is 36.3 Å². The van der Waals surface area contributed by atoms with Gasteiger partial charge in [-0.2, -0.15) is 0 Å². The summed E-state index contributed by atoms with van der Waals surface area (Å²) >= 11 is 0. The van der Waals surface area contributed by atoms with Crippen molar-refractivity contribution in [1.29, 1.82) is 0 Å². The van der Waals surface area contributed by atoms with Crippen LogP contribution in [0.4, 0.5) is 0 Å². The molecule has 3 aromatic heterocycles. The van der Waals surface area contributed by atoms with Crippen LogP contribution in [0, 0.1) is 11.8 Å². The second-order valence-corrected chi connectivity index (χ2v) is 10.9. The van der Waals surface area contributed by atoms with E-state index in [2.05, 4.69) is 26.3 Å². The van der Waals surface area contributed by atoms with Crippen molar-refractivity contribution in [2.45, 2.75) is 50.7 Å². The molecule has 5 heterocycles. The van der Waals surface area contributed by atoms with Gasteiger partial charge in [0.1, 0.15) is 16.9 Å². The molecule has 4 fully saturated rings. The smallest absolute Gasteiger partial charge is 0.254 e. The lowest BCUT2D eigenvalue weighted by Gasteiger charge is -2.48. The molecule has 8 heteroatoms. The fourth-order valence-corrected chi connectivity index (χ4v) is 6.48. The molecule has 3 atom stereocenters. The van der Waals surface area contributed by atoms with Crippen molar-refractivity contribution < 1.29 is 9.53 Å². The van der Waals surface area contributed by atoms with E-state index in [1.54, 1.807) is 7.11 Å². The number of imidazole rings is 1. The zero-order chi connectivity index (χ0) is 24.6. The van der Waals surface area contributed by atoms with Crippen LogP contribution in [0.3, 0.4) is 0 Å². The summed E-state index contributed by atoms with van der Waals surface area (Å²) in [6.07, 6.45) is 7.54. The Kier molecular flexibility index (Phi) is 4.90. The van der Waals surface area contributed by atoms with Gasteiger partial charge in [-0.3, -0.25) is 4.79 Å². The number of rotatable bonds is 5. The maximum atomic E-state index is 13.7. The Balaban J connectivity index is 1.34. The summed E-state index contributed by atoms with van der Waals surface area (Å²) in [5, 5.41) is 1.11. The predicted molar refractivity (Wildman–Crippen MR) is 139 cm³/mol. The van der Waals surface area contributed by atoms with Gasteiger partial charge in [-0.15, -0.1) is 0 Å². The number of fused-ring (bicyclic) bond motifs is 5. The van der Waals surface area contributed by atoms with Gasteiger partial charge in [-0.05, 0) is 74.3 Å². The number of pyridine rings is 1. The standard InChI is InChI=1S/C28H32N6O2/c1-32-25-21(31-27(32)23-12-18-4-3-9-30-26(18)33(23)14-16-5-6-16)11-19(13-24(25)36-2)28(35)34-15-17-7-8-22(34)20(29)10-17/h3-4,9,11-13,16-17,20,22H,5-8,10,14-15,29H2,1-2H3. The first-order chi connectivity index (χ1) is 17.5. The zero-order valence-corrected chi connectivity index (χ0v) is 20.9. The van der Waals surface area contributed by atoms with Gasteiger partial charge in [0.25, 0.3) is 5.91 Å². The first kappa shape index (κ1) is 21.9. The molecule has 2 bridgehead atoms. The van der Waals surface area contributed by atoms with E-state index in [1.165, 1.54) is 12.8 Å². The van der Waals surface area contributed by atoms with E-state index in [4.69, 9.17) is 15.5 Å². The second kappa shape index (κ2) is 8.06. The van der Waals surface area contributed by atoms with E-state index < -0.39 is 0 Å². The summed E-state index contributed by atoms with van der Waals surface area (Å²) in [5.41, 5.74) is 10.7. The number of ether oxygens (including phenoxy) is 1. The number of hydrogen-bond donors (Lipinski definition) is 1. The highest BCUT2D eigenvalue weighted by atomic mass is 16.5. The van der Waals surface area contributed by atoms with Crippen LogP contribution in [0.15, 0.2) is 36.5 Å². The molecule has 0 radical (unpaired) electrons. The van der Waals surface area contributed by atoms with Crippen molar-refractivity contribution in [3.05, 3.63) is 42.1 Å². The number of nitrogens with zero attached hydrogens (tertiary/aromatic N) is 5. The monoisotopic (exact) mass is 484 g/mol. The van der Waals surface area contributed by atoms with Crippen molar-refractivity contribution in [1.82, 2.24) is 24.0 Å². The summed E-state index contributed by atoms with van der Waals surface area (Å²) < 4.78 is 10.2. The van der Waals surface area contributed by atoms with Gasteiger partial charge in [0.15, 0.2) is 5.82 Å². The van der Waals surface area contributed by atoms with Gasteiger partial charge in [-0.1, -0.05) is 0 Å². The number of hydrogen-bond acceptors (Lipinski definition) is 5. The molecule has 4 aromatic rings. The number of amides is 1. The third kappa shape index (κ3) is 3.34. The van der Waals surface area contributed by atoms with Crippen LogP contribution in [0.1, 0.15) is 42.5 Å². The van der Waals surface area contributed by atoms with Gasteiger partial charge >= 0.3 is 0 Å². The van der Waals surface area contributed by atoms with Gasteiger partial charge in [0, 0.05) is 49.4 Å². The van der Waals surface area contributed by atoms with Crippen LogP contribution < -0.4 is 10.5 Å². The lowest BCUT2D eigenvalue weighted by molar-refractivity contribution is 0.0249. The average molecular weight is 485 g/mol. The highest BCUT2D eigenvalue weighted by molar-refractivity contribution is 6.00. The normalized spacial score (nSPS) is 23.6. The molecule has 2 aliphatic heterocycles. The van der Waals surface area contributed by atoms with Gasteiger partial charge in [0.2, 0.25) is 0 Å². The van der Waals surface area contributed by atoms with Gasteiger partial charge in [-0.25, -0.2) is 9.97 Å². The molecule has 8 rings (SSSR count). The SMILES string of the molecule is COc1cc(C(=O)N2CC3CCC2C(N)C3)cc2nc(-c3cc4cccnc4n3CC3CC3)n(C)c12. The number of nitrogens with two attached hydrogens (primary N) is 1. The van der Waals surface area contributed by atoms with Crippen LogP contribution in [0.25, 0.3) is 33.6 Å². The largest absolute Gasteiger partial charge is 0.494 e. The molecule has 36 heavy (non-hydrogen) atoms. The van der Waals surface area contributed by atoms with Crippen LogP contribution >= 0.6 is 0 Å². The maximum Gasteiger partial charge on any atom is 0.254 e. The first-order valence-electron chi connectivity index (χ1n) is 13.1. The topological polar surface area (TPSA) is 91.2 Å². The Morgan fingerprint density at radius 2 is 2.06 bits per heavy atom. The van der Waals surface area contributed by atoms with Crippen molar-refractivity contribution >= 4 is 28.0 Å². The van der Waals surface area contributed by atoms with Crippen LogP contribution in [-0.4, -0.2) is 55.6 Å². The average Bonchev–Trinajstić information content (AvgIpc) is 3.56. The molecule has 2 saturated carbocycles. The molecule has 186 valence electrons. The Morgan fingerprint density at radius 3 is 2.81 bits per heavy atom. The highest BCUT2D eigenvalue weighted by Gasteiger charge is 2.41. The molecule has 0 spiro atoms. The van der Waals surface area contributed by atoms with Crippen molar-refractivity contribution in [2.75, 3.05) is 13.7 Å². The minimum Gasteiger partial charge on any atom is -0.494 e. The van der Waals surface area contributed by atoms with Gasteiger partial charge in [0.05, 0.1) is 18.3 Å². The number of aromatic nitrogens is 4. The number of methoxy groups -OCH3 is 1. The fraction of sp³-hybridized carbons (Fsp3) is 0.464. The molecule has 8 nitrogen and oxygen atoms in total. The van der Waals surface area contributed by atoms with Crippen LogP contribution in [0.2, 0.25) is 0 Å². The summed E-state index contributed by atoms with van der Waals surface area (Å²) in [6.45, 7) is 1.73. The molecule has 2 saturated heterocycles. The predicted octanol–water partition coefficient (Wildman–Crippen LogP) is 3.96. The number of piperidine rings is 2. The number of carbonyl (C=O) groups excluding carboxylic acids is 1. The van der Waals surface area contributed by atoms with Crippen molar-refractivity contribution in [3.8, 4) is 17.3 Å². The lowest BCUT2D eigenvalue weighted by atomic mass is 9.76. The van der Waals surface area contributed by atoms with E-state index in [0.29, 0.717) is 23.1 Å². The minimum atomic E-state index is 0.0271. The molecular weight excluding hydrogens is 452 g/mol. The van der Waals surface area contributed by atoms with E-state index >= 15 is 0 Å². The summed E-state index contributed by atoms with van der Waals surface area (Å²) in [7, 11) is 3.67. The summed E-state index contributed by atoms with van der Waals surface area (Å²) in [5.74, 6) is 2.74. The molecule has 1 amide bonds. The first-order valence-corrected chi connectivity index (χ1v) is 13.1. The van der Waals surface area contributed by atoms with Crippen molar-refractivity contribution in [2.24, 2.45) is 24.6 Å². The quantitative estimate of drug-likeness (QED) is 0.463. The highest BCUT2D eigenvalue weighted by Crippen LogP contribution is 2.39. The Hall–Kier alpha value is -3.39. The van der Waals surface area contributed by atoms with E-state index in [0.717, 1.165) is 65.9 Å². The van der Waals surface area contributed by atoms with E-state index in [9.17, 15) is 4.79 Å². The Morgan fingerprint density at radius 1 is 1.19 bits per heavy atom. The molecule has 4 aliphatic rings. The van der Waals surface area contributed by atoms with Crippen LogP contribution in [0.5, 0.6) is 5.75 Å². The fourth-order valence-electron chi connectivity index (χ4n) is 6.48. The third-order valence-corrected chi connectivity index (χ3v) is 8.51.